The number of hydrogen-bond acceptors (Lipinski definition) is 7. The van der Waals surface area contributed by atoms with Gasteiger partial charge in [-0.25, -0.2) is 0 Å². The standard InChI is InChI=1S/C9H4N8O2/c10-4-7(5-11)13-15-8-2-1-6(14-16-12)3-9(8)17(18)19/h1-3,15H. The van der Waals surface area contributed by atoms with Crippen LogP contribution in [-0.2, 0) is 0 Å². The van der Waals surface area contributed by atoms with Crippen LogP contribution in [0, 0.1) is 32.8 Å². The smallest absolute Gasteiger partial charge is 0.270 e. The van der Waals surface area contributed by atoms with Crippen LogP contribution in [0.25, 0.3) is 10.4 Å². The van der Waals surface area contributed by atoms with Gasteiger partial charge in [-0.2, -0.15) is 15.6 Å². The van der Waals surface area contributed by atoms with Crippen molar-refractivity contribution in [3.63, 3.8) is 0 Å². The lowest BCUT2D eigenvalue weighted by atomic mass is 10.2. The van der Waals surface area contributed by atoms with Crippen molar-refractivity contribution in [2.75, 3.05) is 5.43 Å². The first kappa shape index (κ1) is 13.4. The third-order valence-corrected chi connectivity index (χ3v) is 1.84. The summed E-state index contributed by atoms with van der Waals surface area (Å²) in [6.07, 6.45) is 0. The van der Waals surface area contributed by atoms with Crippen molar-refractivity contribution in [1.29, 1.82) is 10.5 Å². The molecule has 0 bridgehead atoms. The maximum absolute atomic E-state index is 10.8. The maximum Gasteiger partial charge on any atom is 0.294 e. The first-order valence-electron chi connectivity index (χ1n) is 4.59. The number of nitro benzene ring substituents is 1. The molecule has 0 aliphatic rings. The molecule has 0 radical (unpaired) electrons. The Bertz CT molecular complexity index is 658. The summed E-state index contributed by atoms with van der Waals surface area (Å²) in [7, 11) is 0. The fourth-order valence-electron chi connectivity index (χ4n) is 1.07. The molecular weight excluding hydrogens is 252 g/mol. The predicted molar refractivity (Wildman–Crippen MR) is 64.2 cm³/mol. The second-order valence-corrected chi connectivity index (χ2v) is 2.94. The van der Waals surface area contributed by atoms with Gasteiger partial charge in [-0.1, -0.05) is 11.2 Å². The van der Waals surface area contributed by atoms with Crippen LogP contribution in [0.1, 0.15) is 0 Å². The molecule has 0 unspecified atom stereocenters. The van der Waals surface area contributed by atoms with Gasteiger partial charge in [-0.3, -0.25) is 15.5 Å². The first-order valence-corrected chi connectivity index (χ1v) is 4.59. The zero-order chi connectivity index (χ0) is 14.3. The van der Waals surface area contributed by atoms with Crippen LogP contribution < -0.4 is 5.43 Å². The number of azide groups is 1. The van der Waals surface area contributed by atoms with Crippen LogP contribution in [0.3, 0.4) is 0 Å². The molecule has 1 aromatic rings. The zero-order valence-electron chi connectivity index (χ0n) is 9.18. The number of anilines is 1. The van der Waals surface area contributed by atoms with Crippen molar-refractivity contribution in [3.8, 4) is 12.1 Å². The average molecular weight is 256 g/mol. The van der Waals surface area contributed by atoms with Gasteiger partial charge in [0.25, 0.3) is 5.69 Å². The Morgan fingerprint density at radius 2 is 2.16 bits per heavy atom. The van der Waals surface area contributed by atoms with Gasteiger partial charge >= 0.3 is 0 Å². The van der Waals surface area contributed by atoms with E-state index in [0.717, 1.165) is 6.07 Å². The second kappa shape index (κ2) is 6.20. The number of nitrogens with zero attached hydrogens (tertiary/aromatic N) is 7. The monoisotopic (exact) mass is 256 g/mol. The summed E-state index contributed by atoms with van der Waals surface area (Å²) < 4.78 is 0. The summed E-state index contributed by atoms with van der Waals surface area (Å²) in [6, 6.07) is 6.59. The highest BCUT2D eigenvalue weighted by atomic mass is 16.6. The van der Waals surface area contributed by atoms with Crippen LogP contribution in [0.5, 0.6) is 0 Å². The molecule has 0 amide bonds. The molecule has 10 heteroatoms. The van der Waals surface area contributed by atoms with E-state index in [1.807, 2.05) is 0 Å². The Balaban J connectivity index is 3.19. The molecule has 10 nitrogen and oxygen atoms in total. The van der Waals surface area contributed by atoms with Crippen LogP contribution in [0.4, 0.5) is 17.1 Å². The summed E-state index contributed by atoms with van der Waals surface area (Å²) in [5.74, 6) is 0. The Morgan fingerprint density at radius 3 is 2.68 bits per heavy atom. The van der Waals surface area contributed by atoms with E-state index in [9.17, 15) is 10.1 Å². The van der Waals surface area contributed by atoms with E-state index in [0.29, 0.717) is 0 Å². The van der Waals surface area contributed by atoms with Crippen LogP contribution in [-0.4, -0.2) is 10.6 Å². The summed E-state index contributed by atoms with van der Waals surface area (Å²) in [5, 5.41) is 34.4. The van der Waals surface area contributed by atoms with E-state index in [2.05, 4.69) is 20.6 Å². The number of benzene rings is 1. The van der Waals surface area contributed by atoms with Gasteiger partial charge < -0.3 is 0 Å². The van der Waals surface area contributed by atoms with Crippen molar-refractivity contribution in [2.45, 2.75) is 0 Å². The lowest BCUT2D eigenvalue weighted by Crippen LogP contribution is -1.99. The predicted octanol–water partition coefficient (Wildman–Crippen LogP) is 2.35. The molecule has 0 saturated heterocycles. The SMILES string of the molecule is N#CC(C#N)=NNc1ccc(N=[N+]=[N-])cc1[N+](=O)[O-]. The van der Waals surface area contributed by atoms with Gasteiger partial charge in [0.1, 0.15) is 17.8 Å². The third kappa shape index (κ3) is 3.42. The fraction of sp³-hybridized carbons (Fsp3) is 0. The van der Waals surface area contributed by atoms with Crippen molar-refractivity contribution in [2.24, 2.45) is 10.2 Å². The van der Waals surface area contributed by atoms with Gasteiger partial charge in [-0.05, 0) is 11.6 Å². The van der Waals surface area contributed by atoms with Gasteiger partial charge in [0.05, 0.1) is 4.92 Å². The summed E-state index contributed by atoms with van der Waals surface area (Å²) in [6.45, 7) is 0. The molecule has 0 spiro atoms. The molecule has 0 aliphatic heterocycles. The lowest BCUT2D eigenvalue weighted by Gasteiger charge is -2.02. The number of nitrogens with one attached hydrogen (secondary N) is 1. The molecular formula is C9H4N8O2. The van der Waals surface area contributed by atoms with Crippen LogP contribution in [0.15, 0.2) is 28.4 Å². The molecule has 1 aromatic carbocycles. The molecule has 0 heterocycles. The molecule has 0 saturated carbocycles. The van der Waals surface area contributed by atoms with Crippen molar-refractivity contribution < 1.29 is 4.92 Å². The number of nitro groups is 1. The van der Waals surface area contributed by atoms with E-state index in [1.54, 1.807) is 0 Å². The second-order valence-electron chi connectivity index (χ2n) is 2.94. The Kier molecular flexibility index (Phi) is 4.39. The minimum atomic E-state index is -0.716. The minimum absolute atomic E-state index is 0.0371. The Hall–Kier alpha value is -3.62. The fourth-order valence-corrected chi connectivity index (χ4v) is 1.07. The van der Waals surface area contributed by atoms with Crippen LogP contribution in [0.2, 0.25) is 0 Å². The van der Waals surface area contributed by atoms with Crippen molar-refractivity contribution in [3.05, 3.63) is 38.8 Å². The van der Waals surface area contributed by atoms with E-state index in [1.165, 1.54) is 24.3 Å². The number of hydrogen-bond donors (Lipinski definition) is 1. The van der Waals surface area contributed by atoms with Gasteiger partial charge in [0.2, 0.25) is 5.71 Å². The van der Waals surface area contributed by atoms with Crippen molar-refractivity contribution in [1.82, 2.24) is 0 Å². The summed E-state index contributed by atoms with van der Waals surface area (Å²) in [4.78, 5) is 12.6. The van der Waals surface area contributed by atoms with E-state index in [-0.39, 0.29) is 11.4 Å². The lowest BCUT2D eigenvalue weighted by molar-refractivity contribution is -0.383. The maximum atomic E-state index is 10.8. The van der Waals surface area contributed by atoms with Gasteiger partial charge in [0, 0.05) is 16.7 Å². The van der Waals surface area contributed by atoms with E-state index >= 15 is 0 Å². The Morgan fingerprint density at radius 1 is 1.47 bits per heavy atom. The normalized spacial score (nSPS) is 8.32. The third-order valence-electron chi connectivity index (χ3n) is 1.84. The topological polar surface area (TPSA) is 164 Å². The number of rotatable bonds is 4. The molecule has 1 rings (SSSR count). The van der Waals surface area contributed by atoms with Gasteiger partial charge in [-0.15, -0.1) is 0 Å². The van der Waals surface area contributed by atoms with E-state index < -0.39 is 16.3 Å². The van der Waals surface area contributed by atoms with Crippen molar-refractivity contribution >= 4 is 22.8 Å². The number of nitriles is 2. The van der Waals surface area contributed by atoms with E-state index in [4.69, 9.17) is 16.1 Å². The first-order chi connectivity index (χ1) is 9.12. The molecule has 1 N–H and O–H groups in total. The Labute approximate surface area is 106 Å². The quantitative estimate of drug-likeness (QED) is 0.217. The summed E-state index contributed by atoms with van der Waals surface area (Å²) >= 11 is 0. The highest BCUT2D eigenvalue weighted by Crippen LogP contribution is 2.29. The highest BCUT2D eigenvalue weighted by Gasteiger charge is 2.14. The molecule has 0 aromatic heterocycles. The molecule has 92 valence electrons. The molecule has 19 heavy (non-hydrogen) atoms. The minimum Gasteiger partial charge on any atom is -0.270 e. The van der Waals surface area contributed by atoms with Gasteiger partial charge in [0.15, 0.2) is 0 Å². The molecule has 0 fully saturated rings. The van der Waals surface area contributed by atoms with Crippen LogP contribution >= 0.6 is 0 Å². The summed E-state index contributed by atoms with van der Waals surface area (Å²) in [5.41, 5.74) is 9.61. The zero-order valence-corrected chi connectivity index (χ0v) is 9.18. The largest absolute Gasteiger partial charge is 0.294 e. The highest BCUT2D eigenvalue weighted by molar-refractivity contribution is 6.10. The molecule has 0 aliphatic carbocycles. The number of hydrazone groups is 1. The average Bonchev–Trinajstić information content (AvgIpc) is 2.41. The molecule has 0 atom stereocenters.